The topological polar surface area (TPSA) is 84.4 Å². The highest BCUT2D eigenvalue weighted by atomic mass is 19.1. The van der Waals surface area contributed by atoms with E-state index in [0.717, 1.165) is 66.5 Å². The predicted octanol–water partition coefficient (Wildman–Crippen LogP) is 4.50. The van der Waals surface area contributed by atoms with E-state index in [1.807, 2.05) is 49.4 Å². The fourth-order valence-electron chi connectivity index (χ4n) is 6.35. The van der Waals surface area contributed by atoms with Crippen molar-refractivity contribution in [2.45, 2.75) is 44.9 Å². The number of benzene rings is 2. The minimum Gasteiger partial charge on any atom is -0.488 e. The van der Waals surface area contributed by atoms with Crippen molar-refractivity contribution < 1.29 is 28.5 Å². The number of halogens is 1. The number of aromatic nitrogens is 1. The van der Waals surface area contributed by atoms with Gasteiger partial charge in [-0.1, -0.05) is 30.3 Å². The number of nitrogens with zero attached hydrogens (tertiary/aromatic N) is 3. The van der Waals surface area contributed by atoms with Gasteiger partial charge in [0.2, 0.25) is 0 Å². The van der Waals surface area contributed by atoms with Crippen LogP contribution in [0.2, 0.25) is 0 Å². The Balaban J connectivity index is 1.20. The summed E-state index contributed by atoms with van der Waals surface area (Å²) in [5, 5.41) is 9.55. The van der Waals surface area contributed by atoms with Gasteiger partial charge in [0, 0.05) is 44.4 Å². The molecule has 8 nitrogen and oxygen atoms in total. The Kier molecular flexibility index (Phi) is 8.42. The second-order valence-electron chi connectivity index (χ2n) is 11.5. The summed E-state index contributed by atoms with van der Waals surface area (Å²) in [4.78, 5) is 21.1. The van der Waals surface area contributed by atoms with Gasteiger partial charge < -0.3 is 24.2 Å². The van der Waals surface area contributed by atoms with E-state index < -0.39 is 18.0 Å². The molecule has 0 spiro atoms. The minimum atomic E-state index is -0.832. The van der Waals surface area contributed by atoms with Crippen molar-refractivity contribution in [3.63, 3.8) is 0 Å². The van der Waals surface area contributed by atoms with Crippen LogP contribution in [0.15, 0.2) is 48.5 Å². The Labute approximate surface area is 246 Å². The highest BCUT2D eigenvalue weighted by molar-refractivity contribution is 5.72. The third-order valence-corrected chi connectivity index (χ3v) is 8.97. The molecular weight excluding hydrogens is 537 g/mol. The maximum Gasteiger partial charge on any atom is 0.309 e. The molecule has 1 N–H and O–H groups in total. The fraction of sp³-hybridized carbons (Fsp3) is 0.455. The smallest absolute Gasteiger partial charge is 0.309 e. The Morgan fingerprint density at radius 3 is 2.67 bits per heavy atom. The molecule has 0 bridgehead atoms. The second-order valence-corrected chi connectivity index (χ2v) is 11.5. The van der Waals surface area contributed by atoms with Gasteiger partial charge in [0.05, 0.1) is 37.0 Å². The van der Waals surface area contributed by atoms with Gasteiger partial charge in [0.25, 0.3) is 0 Å². The molecule has 3 aliphatic heterocycles. The van der Waals surface area contributed by atoms with Crippen LogP contribution in [0, 0.1) is 18.7 Å². The Morgan fingerprint density at radius 1 is 1.10 bits per heavy atom. The van der Waals surface area contributed by atoms with Gasteiger partial charge in [-0.2, -0.15) is 0 Å². The maximum absolute atomic E-state index is 15.8. The van der Waals surface area contributed by atoms with Crippen molar-refractivity contribution >= 4 is 11.8 Å². The molecule has 3 aliphatic rings. The highest BCUT2D eigenvalue weighted by Crippen LogP contribution is 2.35. The van der Waals surface area contributed by atoms with E-state index in [-0.39, 0.29) is 12.4 Å². The Bertz CT molecular complexity index is 1450. The molecule has 4 heterocycles. The van der Waals surface area contributed by atoms with Crippen LogP contribution in [0.3, 0.4) is 0 Å². The third-order valence-electron chi connectivity index (χ3n) is 8.97. The lowest BCUT2D eigenvalue weighted by Crippen LogP contribution is -2.49. The number of ether oxygens (including phenoxy) is 3. The lowest BCUT2D eigenvalue weighted by molar-refractivity contribution is -0.147. The molecule has 6 rings (SSSR count). The van der Waals surface area contributed by atoms with Crippen molar-refractivity contribution in [1.29, 1.82) is 0 Å². The number of anilines is 1. The van der Waals surface area contributed by atoms with Crippen LogP contribution >= 0.6 is 0 Å². The molecule has 0 aliphatic carbocycles. The normalized spacial score (nSPS) is 21.4. The van der Waals surface area contributed by atoms with Gasteiger partial charge in [-0.15, -0.1) is 0 Å². The van der Waals surface area contributed by atoms with Gasteiger partial charge in [-0.3, -0.25) is 9.69 Å². The number of carboxylic acids is 1. The van der Waals surface area contributed by atoms with Crippen molar-refractivity contribution in [3.05, 3.63) is 76.6 Å². The molecule has 0 unspecified atom stereocenters. The standard InChI is InChI=1S/C33H38FN3O5/c1-21-5-3-6-26(28-7-4-8-30(35-28)37-16-13-27(33(38)39)29(17-37)40-2)32(21)42-18-23-10-9-22-11-14-36(24-19-41-20-24)15-12-25(22)31(23)34/h3-10,24,27,29H,11-20H2,1-2H3,(H,38,39)/t27-,29+/m1/s1. The molecular formula is C33H38FN3O5. The van der Waals surface area contributed by atoms with E-state index in [2.05, 4.69) is 15.9 Å². The van der Waals surface area contributed by atoms with Gasteiger partial charge >= 0.3 is 5.97 Å². The van der Waals surface area contributed by atoms with Crippen LogP contribution < -0.4 is 9.64 Å². The Hall–Kier alpha value is -3.53. The molecule has 42 heavy (non-hydrogen) atoms. The van der Waals surface area contributed by atoms with E-state index in [0.29, 0.717) is 43.3 Å². The SMILES string of the molecule is CO[C@H]1CN(c2cccc(-c3cccc(C)c3OCc3ccc4c(c3F)CCN(C3COC3)CC4)n2)CC[C@H]1C(=O)O. The zero-order valence-electron chi connectivity index (χ0n) is 24.2. The molecule has 2 saturated heterocycles. The van der Waals surface area contributed by atoms with E-state index in [4.69, 9.17) is 19.2 Å². The maximum atomic E-state index is 15.8. The number of pyridine rings is 1. The average molecular weight is 576 g/mol. The van der Waals surface area contributed by atoms with Crippen LogP contribution in [0.25, 0.3) is 11.3 Å². The van der Waals surface area contributed by atoms with Crippen LogP contribution in [-0.4, -0.2) is 79.6 Å². The number of aryl methyl sites for hydroxylation is 1. The molecule has 3 aromatic rings. The van der Waals surface area contributed by atoms with Gasteiger partial charge in [0.15, 0.2) is 0 Å². The summed E-state index contributed by atoms with van der Waals surface area (Å²) >= 11 is 0. The predicted molar refractivity (Wildman–Crippen MR) is 157 cm³/mol. The van der Waals surface area contributed by atoms with Crippen LogP contribution in [0.5, 0.6) is 5.75 Å². The van der Waals surface area contributed by atoms with E-state index in [1.165, 1.54) is 0 Å². The number of para-hydroxylation sites is 1. The highest BCUT2D eigenvalue weighted by Gasteiger charge is 2.35. The first-order valence-corrected chi connectivity index (χ1v) is 14.7. The van der Waals surface area contributed by atoms with E-state index in [9.17, 15) is 9.90 Å². The first kappa shape index (κ1) is 28.6. The third kappa shape index (κ3) is 5.73. The molecule has 0 saturated carbocycles. The largest absolute Gasteiger partial charge is 0.488 e. The van der Waals surface area contributed by atoms with Gasteiger partial charge in [-0.05, 0) is 61.1 Å². The monoisotopic (exact) mass is 575 g/mol. The summed E-state index contributed by atoms with van der Waals surface area (Å²) in [6.45, 7) is 6.43. The molecule has 2 aromatic carbocycles. The lowest BCUT2D eigenvalue weighted by Gasteiger charge is -2.36. The zero-order valence-corrected chi connectivity index (χ0v) is 24.2. The summed E-state index contributed by atoms with van der Waals surface area (Å²) in [6, 6.07) is 16.1. The number of rotatable bonds is 8. The van der Waals surface area contributed by atoms with Gasteiger partial charge in [0.1, 0.15) is 24.0 Å². The molecule has 0 radical (unpaired) electrons. The van der Waals surface area contributed by atoms with Crippen molar-refractivity contribution in [2.75, 3.05) is 51.4 Å². The number of aliphatic carboxylic acids is 1. The van der Waals surface area contributed by atoms with Gasteiger partial charge in [-0.25, -0.2) is 9.37 Å². The first-order valence-electron chi connectivity index (χ1n) is 14.7. The van der Waals surface area contributed by atoms with Crippen LogP contribution in [0.4, 0.5) is 10.2 Å². The number of hydrogen-bond donors (Lipinski definition) is 1. The van der Waals surface area contributed by atoms with Crippen LogP contribution in [0.1, 0.15) is 28.7 Å². The Morgan fingerprint density at radius 2 is 1.90 bits per heavy atom. The second kappa shape index (κ2) is 12.4. The summed E-state index contributed by atoms with van der Waals surface area (Å²) in [6.07, 6.45) is 1.60. The number of carbonyl (C=O) groups is 1. The summed E-state index contributed by atoms with van der Waals surface area (Å²) in [5.41, 5.74) is 4.95. The number of fused-ring (bicyclic) bond motifs is 1. The molecule has 9 heteroatoms. The number of methoxy groups -OCH3 is 1. The van der Waals surface area contributed by atoms with Crippen LogP contribution in [-0.2, 0) is 33.7 Å². The number of hydrogen-bond acceptors (Lipinski definition) is 7. The first-order chi connectivity index (χ1) is 20.4. The minimum absolute atomic E-state index is 0.120. The summed E-state index contributed by atoms with van der Waals surface area (Å²) in [7, 11) is 1.55. The molecule has 2 fully saturated rings. The summed E-state index contributed by atoms with van der Waals surface area (Å²) < 4.78 is 33.0. The van der Waals surface area contributed by atoms with E-state index >= 15 is 4.39 Å². The lowest BCUT2D eigenvalue weighted by atomic mass is 9.94. The number of piperidine rings is 1. The van der Waals surface area contributed by atoms with Crippen molar-refractivity contribution in [2.24, 2.45) is 5.92 Å². The van der Waals surface area contributed by atoms with Crippen molar-refractivity contribution in [3.8, 4) is 17.0 Å². The molecule has 1 aromatic heterocycles. The zero-order chi connectivity index (χ0) is 29.2. The molecule has 222 valence electrons. The number of carboxylic acid groups (broad SMARTS) is 1. The summed E-state index contributed by atoms with van der Waals surface area (Å²) in [5.74, 6) is -0.0960. The molecule has 0 amide bonds. The van der Waals surface area contributed by atoms with Crippen molar-refractivity contribution in [1.82, 2.24) is 9.88 Å². The van der Waals surface area contributed by atoms with E-state index in [1.54, 1.807) is 7.11 Å². The quantitative estimate of drug-likeness (QED) is 0.421. The fourth-order valence-corrected chi connectivity index (χ4v) is 6.35. The molecule has 2 atom stereocenters. The average Bonchev–Trinajstić information content (AvgIpc) is 3.19.